The van der Waals surface area contributed by atoms with E-state index in [9.17, 15) is 4.79 Å². The molecule has 0 saturated carbocycles. The maximum atomic E-state index is 11.7. The van der Waals surface area contributed by atoms with Crippen molar-refractivity contribution in [2.45, 2.75) is 85.4 Å². The summed E-state index contributed by atoms with van der Waals surface area (Å²) in [7, 11) is 0. The summed E-state index contributed by atoms with van der Waals surface area (Å²) >= 11 is 0. The van der Waals surface area contributed by atoms with Crippen LogP contribution in [-0.2, 0) is 4.74 Å². The van der Waals surface area contributed by atoms with Gasteiger partial charge < -0.3 is 15.4 Å². The molecule has 4 heteroatoms. The van der Waals surface area contributed by atoms with Crippen molar-refractivity contribution >= 4 is 6.09 Å². The highest BCUT2D eigenvalue weighted by atomic mass is 16.6. The molecule has 2 unspecified atom stereocenters. The molecule has 0 aromatic heterocycles. The Bertz CT molecular complexity index is 272. The highest BCUT2D eigenvalue weighted by Gasteiger charge is 2.18. The summed E-state index contributed by atoms with van der Waals surface area (Å²) in [4.78, 5) is 11.7. The average molecular weight is 286 g/mol. The first kappa shape index (κ1) is 19.2. The van der Waals surface area contributed by atoms with E-state index in [2.05, 4.69) is 38.3 Å². The maximum Gasteiger partial charge on any atom is 0.407 e. The van der Waals surface area contributed by atoms with Crippen molar-refractivity contribution in [3.63, 3.8) is 0 Å². The summed E-state index contributed by atoms with van der Waals surface area (Å²) < 4.78 is 5.26. The zero-order chi connectivity index (χ0) is 15.8. The second kappa shape index (κ2) is 9.22. The minimum absolute atomic E-state index is 0.307. The molecular formula is C16H34N2O2. The number of ether oxygens (including phenoxy) is 1. The van der Waals surface area contributed by atoms with Crippen molar-refractivity contribution in [1.29, 1.82) is 0 Å². The first-order valence-corrected chi connectivity index (χ1v) is 7.87. The minimum atomic E-state index is -0.442. The van der Waals surface area contributed by atoms with E-state index in [0.717, 1.165) is 19.3 Å². The molecule has 0 aliphatic heterocycles. The molecule has 4 nitrogen and oxygen atoms in total. The maximum absolute atomic E-state index is 11.7. The predicted octanol–water partition coefficient (Wildman–Crippen LogP) is 3.70. The van der Waals surface area contributed by atoms with E-state index in [1.807, 2.05) is 20.8 Å². The van der Waals surface area contributed by atoms with E-state index < -0.39 is 5.60 Å². The molecule has 20 heavy (non-hydrogen) atoms. The van der Waals surface area contributed by atoms with Crippen molar-refractivity contribution in [1.82, 2.24) is 10.6 Å². The first-order chi connectivity index (χ1) is 9.14. The van der Waals surface area contributed by atoms with Gasteiger partial charge >= 0.3 is 6.09 Å². The van der Waals surface area contributed by atoms with Crippen LogP contribution in [0, 0.1) is 5.92 Å². The predicted molar refractivity (Wildman–Crippen MR) is 85.0 cm³/mol. The lowest BCUT2D eigenvalue weighted by Crippen LogP contribution is -2.46. The van der Waals surface area contributed by atoms with Gasteiger partial charge in [-0.1, -0.05) is 27.2 Å². The number of rotatable bonds is 8. The quantitative estimate of drug-likeness (QED) is 0.715. The third-order valence-corrected chi connectivity index (χ3v) is 2.87. The lowest BCUT2D eigenvalue weighted by molar-refractivity contribution is 0.0520. The van der Waals surface area contributed by atoms with Gasteiger partial charge in [0.15, 0.2) is 0 Å². The number of carbonyl (C=O) groups is 1. The molecular weight excluding hydrogens is 252 g/mol. The third kappa shape index (κ3) is 11.1. The second-order valence-corrected chi connectivity index (χ2v) is 7.07. The molecule has 0 aromatic carbocycles. The van der Waals surface area contributed by atoms with Crippen LogP contribution in [0.25, 0.3) is 0 Å². The van der Waals surface area contributed by atoms with Crippen LogP contribution in [0.2, 0.25) is 0 Å². The SMILES string of the molecule is CCCC(CNC(=O)OC(C)(C)C)NC(C)CC(C)C. The van der Waals surface area contributed by atoms with Crippen LogP contribution in [0.15, 0.2) is 0 Å². The number of amides is 1. The van der Waals surface area contributed by atoms with Gasteiger partial charge in [-0.25, -0.2) is 4.79 Å². The number of hydrogen-bond donors (Lipinski definition) is 2. The fourth-order valence-electron chi connectivity index (χ4n) is 2.29. The third-order valence-electron chi connectivity index (χ3n) is 2.87. The first-order valence-electron chi connectivity index (χ1n) is 7.87. The van der Waals surface area contributed by atoms with Crippen LogP contribution < -0.4 is 10.6 Å². The molecule has 0 spiro atoms. The molecule has 0 fully saturated rings. The molecule has 0 aromatic rings. The molecule has 0 saturated heterocycles. The Kier molecular flexibility index (Phi) is 8.86. The van der Waals surface area contributed by atoms with Gasteiger partial charge in [-0.05, 0) is 46.5 Å². The largest absolute Gasteiger partial charge is 0.444 e. The van der Waals surface area contributed by atoms with Gasteiger partial charge in [0.25, 0.3) is 0 Å². The molecule has 0 aliphatic carbocycles. The summed E-state index contributed by atoms with van der Waals surface area (Å²) in [6, 6.07) is 0.772. The molecule has 0 heterocycles. The Labute approximate surface area is 125 Å². The zero-order valence-corrected chi connectivity index (χ0v) is 14.4. The lowest BCUT2D eigenvalue weighted by Gasteiger charge is -2.25. The molecule has 2 atom stereocenters. The standard InChI is InChI=1S/C16H34N2O2/c1-8-9-14(18-13(4)10-12(2)3)11-17-15(19)20-16(5,6)7/h12-14,18H,8-11H2,1-7H3,(H,17,19). The molecule has 0 radical (unpaired) electrons. The van der Waals surface area contributed by atoms with E-state index in [-0.39, 0.29) is 6.09 Å². The van der Waals surface area contributed by atoms with E-state index >= 15 is 0 Å². The number of carbonyl (C=O) groups excluding carboxylic acids is 1. The minimum Gasteiger partial charge on any atom is -0.444 e. The fourth-order valence-corrected chi connectivity index (χ4v) is 2.29. The van der Waals surface area contributed by atoms with Gasteiger partial charge in [0.05, 0.1) is 0 Å². The topological polar surface area (TPSA) is 50.4 Å². The van der Waals surface area contributed by atoms with Crippen LogP contribution >= 0.6 is 0 Å². The normalized spacial score (nSPS) is 15.0. The Morgan fingerprint density at radius 2 is 1.80 bits per heavy atom. The zero-order valence-electron chi connectivity index (χ0n) is 14.4. The smallest absolute Gasteiger partial charge is 0.407 e. The summed E-state index contributed by atoms with van der Waals surface area (Å²) in [5.41, 5.74) is -0.442. The molecule has 0 rings (SSSR count). The number of alkyl carbamates (subject to hydrolysis) is 1. The van der Waals surface area contributed by atoms with Gasteiger partial charge in [0.1, 0.15) is 5.60 Å². The van der Waals surface area contributed by atoms with Gasteiger partial charge in [-0.3, -0.25) is 0 Å². The van der Waals surface area contributed by atoms with E-state index in [1.54, 1.807) is 0 Å². The van der Waals surface area contributed by atoms with Gasteiger partial charge in [0, 0.05) is 18.6 Å². The molecule has 0 bridgehead atoms. The molecule has 120 valence electrons. The van der Waals surface area contributed by atoms with Crippen LogP contribution in [0.3, 0.4) is 0 Å². The van der Waals surface area contributed by atoms with Gasteiger partial charge in [-0.2, -0.15) is 0 Å². The fraction of sp³-hybridized carbons (Fsp3) is 0.938. The summed E-state index contributed by atoms with van der Waals surface area (Å²) in [5.74, 6) is 0.679. The van der Waals surface area contributed by atoms with Crippen LogP contribution in [0.1, 0.15) is 67.7 Å². The van der Waals surface area contributed by atoms with Crippen molar-refractivity contribution in [3.05, 3.63) is 0 Å². The van der Waals surface area contributed by atoms with Crippen molar-refractivity contribution in [2.75, 3.05) is 6.54 Å². The summed E-state index contributed by atoms with van der Waals surface area (Å²) in [5, 5.41) is 6.46. The van der Waals surface area contributed by atoms with Crippen LogP contribution in [-0.4, -0.2) is 30.3 Å². The van der Waals surface area contributed by atoms with Crippen molar-refractivity contribution < 1.29 is 9.53 Å². The average Bonchev–Trinajstić information content (AvgIpc) is 2.22. The highest BCUT2D eigenvalue weighted by Crippen LogP contribution is 2.08. The molecule has 0 aliphatic rings. The Hall–Kier alpha value is -0.770. The van der Waals surface area contributed by atoms with Crippen molar-refractivity contribution in [2.24, 2.45) is 5.92 Å². The van der Waals surface area contributed by atoms with Crippen molar-refractivity contribution in [3.8, 4) is 0 Å². The van der Waals surface area contributed by atoms with Crippen LogP contribution in [0.4, 0.5) is 4.79 Å². The highest BCUT2D eigenvalue weighted by molar-refractivity contribution is 5.67. The Morgan fingerprint density at radius 3 is 2.25 bits per heavy atom. The van der Waals surface area contributed by atoms with E-state index in [1.165, 1.54) is 0 Å². The van der Waals surface area contributed by atoms with E-state index in [0.29, 0.717) is 24.5 Å². The molecule has 2 N–H and O–H groups in total. The monoisotopic (exact) mass is 286 g/mol. The number of nitrogens with one attached hydrogen (secondary N) is 2. The Balaban J connectivity index is 4.17. The summed E-state index contributed by atoms with van der Waals surface area (Å²) in [6.45, 7) is 15.1. The van der Waals surface area contributed by atoms with E-state index in [4.69, 9.17) is 4.74 Å². The number of hydrogen-bond acceptors (Lipinski definition) is 3. The Morgan fingerprint density at radius 1 is 1.20 bits per heavy atom. The van der Waals surface area contributed by atoms with Gasteiger partial charge in [-0.15, -0.1) is 0 Å². The summed E-state index contributed by atoms with van der Waals surface area (Å²) in [6.07, 6.45) is 2.96. The lowest BCUT2D eigenvalue weighted by atomic mass is 10.0. The second-order valence-electron chi connectivity index (χ2n) is 7.07. The molecule has 1 amide bonds. The van der Waals surface area contributed by atoms with Gasteiger partial charge in [0.2, 0.25) is 0 Å². The van der Waals surface area contributed by atoms with Crippen LogP contribution in [0.5, 0.6) is 0 Å².